The van der Waals surface area contributed by atoms with Gasteiger partial charge in [-0.15, -0.1) is 0 Å². The van der Waals surface area contributed by atoms with E-state index in [1.807, 2.05) is 4.90 Å². The van der Waals surface area contributed by atoms with Crippen LogP contribution in [0, 0.1) is 5.92 Å². The molecule has 0 amide bonds. The predicted molar refractivity (Wildman–Crippen MR) is 125 cm³/mol. The maximum absolute atomic E-state index is 13.0. The summed E-state index contributed by atoms with van der Waals surface area (Å²) in [5.41, 5.74) is 1.41. The molecule has 2 fully saturated rings. The summed E-state index contributed by atoms with van der Waals surface area (Å²) >= 11 is 0. The first-order valence-corrected chi connectivity index (χ1v) is 12.0. The van der Waals surface area contributed by atoms with Crippen LogP contribution in [0.5, 0.6) is 0 Å². The zero-order valence-electron chi connectivity index (χ0n) is 19.1. The summed E-state index contributed by atoms with van der Waals surface area (Å²) in [4.78, 5) is 6.58. The first-order chi connectivity index (χ1) is 15.9. The van der Waals surface area contributed by atoms with Crippen molar-refractivity contribution in [3.63, 3.8) is 0 Å². The Morgan fingerprint density at radius 2 is 1.45 bits per heavy atom. The highest BCUT2D eigenvalue weighted by atomic mass is 19.4. The molecule has 180 valence electrons. The van der Waals surface area contributed by atoms with E-state index in [9.17, 15) is 18.3 Å². The van der Waals surface area contributed by atoms with Gasteiger partial charge >= 0.3 is 6.18 Å². The van der Waals surface area contributed by atoms with Crippen molar-refractivity contribution in [2.75, 3.05) is 57.3 Å². The quantitative estimate of drug-likeness (QED) is 0.671. The van der Waals surface area contributed by atoms with E-state index in [1.54, 1.807) is 6.07 Å². The van der Waals surface area contributed by atoms with Crippen molar-refractivity contribution in [1.82, 2.24) is 9.80 Å². The van der Waals surface area contributed by atoms with Crippen molar-refractivity contribution in [2.45, 2.75) is 31.5 Å². The zero-order valence-corrected chi connectivity index (χ0v) is 19.1. The number of aliphatic hydroxyl groups excluding tert-OH is 1. The molecule has 0 spiro atoms. The summed E-state index contributed by atoms with van der Waals surface area (Å²) in [6, 6.07) is 16.2. The average Bonchev–Trinajstić information content (AvgIpc) is 2.81. The number of piperidine rings is 1. The van der Waals surface area contributed by atoms with Gasteiger partial charge in [0.2, 0.25) is 0 Å². The summed E-state index contributed by atoms with van der Waals surface area (Å²) in [5, 5.41) is 10.6. The van der Waals surface area contributed by atoms with Crippen molar-refractivity contribution >= 4 is 5.69 Å². The molecule has 0 aliphatic carbocycles. The lowest BCUT2D eigenvalue weighted by molar-refractivity contribution is -0.137. The van der Waals surface area contributed by atoms with Gasteiger partial charge in [0.15, 0.2) is 0 Å². The summed E-state index contributed by atoms with van der Waals surface area (Å²) in [6.45, 7) is 6.17. The number of β-amino-alcohol motifs (C(OH)–C–C–N with tert-alkyl or cyclic N) is 1. The summed E-state index contributed by atoms with van der Waals surface area (Å²) in [7, 11) is 0. The Morgan fingerprint density at radius 1 is 0.818 bits per heavy atom. The molecule has 1 N–H and O–H groups in total. The van der Waals surface area contributed by atoms with Gasteiger partial charge in [-0.1, -0.05) is 36.4 Å². The number of hydrogen-bond donors (Lipinski definition) is 1. The lowest BCUT2D eigenvalue weighted by Gasteiger charge is -2.38. The molecule has 0 radical (unpaired) electrons. The molecule has 4 nitrogen and oxygen atoms in total. The number of piperazine rings is 1. The molecule has 2 aliphatic heterocycles. The number of benzene rings is 2. The van der Waals surface area contributed by atoms with Crippen LogP contribution in [0.2, 0.25) is 0 Å². The minimum atomic E-state index is -4.32. The number of rotatable bonds is 7. The smallest absolute Gasteiger partial charge is 0.390 e. The highest BCUT2D eigenvalue weighted by Gasteiger charge is 2.31. The molecule has 0 aromatic heterocycles. The summed E-state index contributed by atoms with van der Waals surface area (Å²) < 4.78 is 39.0. The van der Waals surface area contributed by atoms with Crippen LogP contribution in [-0.4, -0.2) is 73.4 Å². The maximum atomic E-state index is 13.0. The second-order valence-electron chi connectivity index (χ2n) is 9.42. The summed E-state index contributed by atoms with van der Waals surface area (Å²) in [6.07, 6.45) is -1.27. The molecule has 2 aromatic rings. The number of likely N-dealkylation sites (tertiary alicyclic amines) is 1. The molecule has 2 aromatic carbocycles. The van der Waals surface area contributed by atoms with Crippen molar-refractivity contribution in [3.05, 3.63) is 65.7 Å². The topological polar surface area (TPSA) is 30.0 Å². The molecular weight excluding hydrogens is 427 g/mol. The van der Waals surface area contributed by atoms with Crippen LogP contribution in [0.3, 0.4) is 0 Å². The third kappa shape index (κ3) is 6.95. The Labute approximate surface area is 194 Å². The molecule has 33 heavy (non-hydrogen) atoms. The number of hydrogen-bond acceptors (Lipinski definition) is 4. The van der Waals surface area contributed by atoms with Gasteiger partial charge in [-0.25, -0.2) is 0 Å². The van der Waals surface area contributed by atoms with Gasteiger partial charge in [-0.2, -0.15) is 13.2 Å². The fourth-order valence-corrected chi connectivity index (χ4v) is 5.04. The fraction of sp³-hybridized carbons (Fsp3) is 0.538. The number of anilines is 1. The molecule has 0 bridgehead atoms. The second kappa shape index (κ2) is 10.9. The maximum Gasteiger partial charge on any atom is 0.416 e. The van der Waals surface area contributed by atoms with Gasteiger partial charge in [0.25, 0.3) is 0 Å². The molecule has 2 heterocycles. The Bertz CT molecular complexity index is 861. The van der Waals surface area contributed by atoms with E-state index in [4.69, 9.17) is 0 Å². The van der Waals surface area contributed by atoms with E-state index < -0.39 is 17.8 Å². The Kier molecular flexibility index (Phi) is 7.94. The summed E-state index contributed by atoms with van der Waals surface area (Å²) in [5.74, 6) is 0.713. The van der Waals surface area contributed by atoms with E-state index >= 15 is 0 Å². The van der Waals surface area contributed by atoms with Crippen LogP contribution in [0.15, 0.2) is 54.6 Å². The van der Waals surface area contributed by atoms with Crippen LogP contribution >= 0.6 is 0 Å². The molecule has 2 saturated heterocycles. The Balaban J connectivity index is 1.17. The van der Waals surface area contributed by atoms with Crippen LogP contribution in [0.25, 0.3) is 0 Å². The van der Waals surface area contributed by atoms with Crippen molar-refractivity contribution in [2.24, 2.45) is 5.92 Å². The van der Waals surface area contributed by atoms with Crippen molar-refractivity contribution < 1.29 is 18.3 Å². The first-order valence-electron chi connectivity index (χ1n) is 12.0. The molecule has 1 atom stereocenters. The lowest BCUT2D eigenvalue weighted by Crippen LogP contribution is -2.50. The molecule has 2 aliphatic rings. The van der Waals surface area contributed by atoms with E-state index in [0.717, 1.165) is 51.5 Å². The largest absolute Gasteiger partial charge is 0.416 e. The first kappa shape index (κ1) is 24.0. The van der Waals surface area contributed by atoms with Gasteiger partial charge in [0.05, 0.1) is 11.7 Å². The van der Waals surface area contributed by atoms with Gasteiger partial charge in [0.1, 0.15) is 0 Å². The van der Waals surface area contributed by atoms with E-state index in [-0.39, 0.29) is 0 Å². The molecule has 0 saturated carbocycles. The van der Waals surface area contributed by atoms with Gasteiger partial charge in [-0.3, -0.25) is 4.90 Å². The highest BCUT2D eigenvalue weighted by molar-refractivity contribution is 5.49. The minimum Gasteiger partial charge on any atom is -0.390 e. The van der Waals surface area contributed by atoms with E-state index in [2.05, 4.69) is 40.1 Å². The second-order valence-corrected chi connectivity index (χ2v) is 9.42. The average molecular weight is 462 g/mol. The van der Waals surface area contributed by atoms with Crippen LogP contribution < -0.4 is 4.90 Å². The Morgan fingerprint density at radius 3 is 2.09 bits per heavy atom. The minimum absolute atomic E-state index is 0.407. The predicted octanol–water partition coefficient (Wildman–Crippen LogP) is 4.14. The van der Waals surface area contributed by atoms with Gasteiger partial charge in [0, 0.05) is 45.0 Å². The normalized spacial score (nSPS) is 20.2. The van der Waals surface area contributed by atoms with Crippen LogP contribution in [0.4, 0.5) is 18.9 Å². The molecular formula is C26H34F3N3O. The van der Waals surface area contributed by atoms with Crippen molar-refractivity contribution in [1.29, 1.82) is 0 Å². The number of nitrogens with zero attached hydrogens (tertiary/aromatic N) is 3. The van der Waals surface area contributed by atoms with E-state index in [0.29, 0.717) is 37.8 Å². The highest BCUT2D eigenvalue weighted by Crippen LogP contribution is 2.32. The van der Waals surface area contributed by atoms with Crippen molar-refractivity contribution in [3.8, 4) is 0 Å². The monoisotopic (exact) mass is 461 g/mol. The SMILES string of the molecule is OC(CN1CCC(Cc2ccccc2)CC1)CN1CCN(c2cccc(C(F)(F)F)c2)CC1. The Hall–Kier alpha value is -2.09. The molecule has 1 unspecified atom stereocenters. The fourth-order valence-electron chi connectivity index (χ4n) is 5.04. The zero-order chi connectivity index (χ0) is 23.3. The van der Waals surface area contributed by atoms with Crippen LogP contribution in [0.1, 0.15) is 24.0 Å². The van der Waals surface area contributed by atoms with E-state index in [1.165, 1.54) is 17.7 Å². The standard InChI is InChI=1S/C26H34F3N3O/c27-26(28,29)23-7-4-8-24(18-23)32-15-13-31(14-16-32)20-25(33)19-30-11-9-22(10-12-30)17-21-5-2-1-3-6-21/h1-8,18,22,25,33H,9-17,19-20H2. The number of halogens is 3. The third-order valence-electron chi connectivity index (χ3n) is 6.92. The lowest BCUT2D eigenvalue weighted by atomic mass is 9.90. The molecule has 7 heteroatoms. The third-order valence-corrected chi connectivity index (χ3v) is 6.92. The molecule has 4 rings (SSSR count). The number of aliphatic hydroxyl groups is 1. The van der Waals surface area contributed by atoms with Gasteiger partial charge in [-0.05, 0) is 62.0 Å². The number of alkyl halides is 3. The van der Waals surface area contributed by atoms with Gasteiger partial charge < -0.3 is 14.9 Å². The van der Waals surface area contributed by atoms with Crippen LogP contribution in [-0.2, 0) is 12.6 Å².